The first-order chi connectivity index (χ1) is 8.03. The minimum atomic E-state index is 0. The van der Waals surface area contributed by atoms with Crippen molar-refractivity contribution in [2.24, 2.45) is 10.7 Å². The van der Waals surface area contributed by atoms with E-state index in [0.717, 1.165) is 19.5 Å². The summed E-state index contributed by atoms with van der Waals surface area (Å²) in [7, 11) is 0. The Bertz CT molecular complexity index is 350. The number of guanidine groups is 1. The van der Waals surface area contributed by atoms with Gasteiger partial charge < -0.3 is 11.1 Å². The molecule has 6 heteroatoms. The van der Waals surface area contributed by atoms with Crippen molar-refractivity contribution in [3.63, 3.8) is 0 Å². The van der Waals surface area contributed by atoms with Crippen LogP contribution in [0.4, 0.5) is 0 Å². The maximum absolute atomic E-state index is 5.81. The fourth-order valence-corrected chi connectivity index (χ4v) is 2.07. The van der Waals surface area contributed by atoms with Crippen LogP contribution < -0.4 is 11.1 Å². The van der Waals surface area contributed by atoms with Gasteiger partial charge in [-0.05, 0) is 38.0 Å². The van der Waals surface area contributed by atoms with Gasteiger partial charge in [0.15, 0.2) is 5.96 Å². The molecule has 3 N–H and O–H groups in total. The van der Waals surface area contributed by atoms with E-state index in [9.17, 15) is 0 Å². The van der Waals surface area contributed by atoms with Crippen LogP contribution in [0.15, 0.2) is 22.5 Å². The van der Waals surface area contributed by atoms with Crippen molar-refractivity contribution < 1.29 is 0 Å². The topological polar surface area (TPSA) is 50.4 Å². The molecule has 0 saturated heterocycles. The van der Waals surface area contributed by atoms with Crippen molar-refractivity contribution in [2.45, 2.75) is 25.0 Å². The fraction of sp³-hybridized carbons (Fsp3) is 0.583. The summed E-state index contributed by atoms with van der Waals surface area (Å²) < 4.78 is 0.153. The van der Waals surface area contributed by atoms with E-state index in [1.807, 2.05) is 0 Å². The van der Waals surface area contributed by atoms with Crippen LogP contribution in [-0.4, -0.2) is 30.1 Å². The van der Waals surface area contributed by atoms with Crippen molar-refractivity contribution in [2.75, 3.05) is 19.3 Å². The molecule has 1 aromatic heterocycles. The van der Waals surface area contributed by atoms with Gasteiger partial charge in [0.25, 0.3) is 0 Å². The summed E-state index contributed by atoms with van der Waals surface area (Å²) >= 11 is 3.57. The summed E-state index contributed by atoms with van der Waals surface area (Å²) in [6.45, 7) is 5.92. The summed E-state index contributed by atoms with van der Waals surface area (Å²) in [4.78, 5) is 5.72. The van der Waals surface area contributed by atoms with Crippen molar-refractivity contribution in [3.05, 3.63) is 22.4 Å². The number of aliphatic imine (C=N–C) groups is 1. The monoisotopic (exact) mass is 399 g/mol. The van der Waals surface area contributed by atoms with Gasteiger partial charge in [-0.15, -0.1) is 35.3 Å². The second-order valence-electron chi connectivity index (χ2n) is 4.42. The predicted octanol–water partition coefficient (Wildman–Crippen LogP) is 2.95. The van der Waals surface area contributed by atoms with Gasteiger partial charge in [-0.2, -0.15) is 11.8 Å². The van der Waals surface area contributed by atoms with Gasteiger partial charge in [0.2, 0.25) is 0 Å². The van der Waals surface area contributed by atoms with Crippen LogP contribution in [0.3, 0.4) is 0 Å². The van der Waals surface area contributed by atoms with Crippen LogP contribution in [0.25, 0.3) is 0 Å². The average molecular weight is 399 g/mol. The molecule has 0 aliphatic rings. The SMILES string of the molecule is CSC(C)(C)CN=C(N)NCCc1cccs1.I. The molecule has 1 aromatic rings. The Balaban J connectivity index is 0.00000289. The van der Waals surface area contributed by atoms with E-state index in [1.165, 1.54) is 4.88 Å². The summed E-state index contributed by atoms with van der Waals surface area (Å²) in [6, 6.07) is 4.20. The van der Waals surface area contributed by atoms with Crippen LogP contribution >= 0.6 is 47.1 Å². The number of nitrogens with one attached hydrogen (secondary N) is 1. The number of thiophene rings is 1. The van der Waals surface area contributed by atoms with Gasteiger partial charge in [0.1, 0.15) is 0 Å². The van der Waals surface area contributed by atoms with Crippen LogP contribution in [0, 0.1) is 0 Å². The minimum Gasteiger partial charge on any atom is -0.370 e. The van der Waals surface area contributed by atoms with E-state index in [1.54, 1.807) is 23.1 Å². The fourth-order valence-electron chi connectivity index (χ4n) is 1.16. The van der Waals surface area contributed by atoms with E-state index in [0.29, 0.717) is 5.96 Å². The molecule has 0 unspecified atom stereocenters. The number of rotatable bonds is 6. The first kappa shape index (κ1) is 18.0. The Morgan fingerprint density at radius 2 is 2.28 bits per heavy atom. The number of nitrogens with zero attached hydrogens (tertiary/aromatic N) is 1. The minimum absolute atomic E-state index is 0. The quantitative estimate of drug-likeness (QED) is 0.439. The second-order valence-corrected chi connectivity index (χ2v) is 6.97. The zero-order valence-electron chi connectivity index (χ0n) is 11.1. The molecule has 0 aliphatic carbocycles. The highest BCUT2D eigenvalue weighted by molar-refractivity contribution is 14.0. The molecule has 1 rings (SSSR count). The number of hydrogen-bond donors (Lipinski definition) is 2. The number of halogens is 1. The van der Waals surface area contributed by atoms with Crippen molar-refractivity contribution in [1.82, 2.24) is 5.32 Å². The normalized spacial score (nSPS) is 12.1. The molecule has 0 amide bonds. The average Bonchev–Trinajstić information content (AvgIpc) is 2.80. The molecule has 0 fully saturated rings. The first-order valence-corrected chi connectivity index (χ1v) is 7.75. The number of nitrogens with two attached hydrogens (primary N) is 1. The molecule has 0 spiro atoms. The lowest BCUT2D eigenvalue weighted by Gasteiger charge is -2.19. The lowest BCUT2D eigenvalue weighted by molar-refractivity contribution is 0.719. The lowest BCUT2D eigenvalue weighted by atomic mass is 10.2. The molecule has 18 heavy (non-hydrogen) atoms. The standard InChI is InChI=1S/C12H21N3S2.HI/c1-12(2,16-3)9-15-11(13)14-7-6-10-5-4-8-17-10;/h4-5,8H,6-7,9H2,1-3H3,(H3,13,14,15);1H. The van der Waals surface area contributed by atoms with E-state index in [-0.39, 0.29) is 28.7 Å². The van der Waals surface area contributed by atoms with Crippen LogP contribution in [-0.2, 0) is 6.42 Å². The molecule has 0 atom stereocenters. The van der Waals surface area contributed by atoms with Gasteiger partial charge in [-0.25, -0.2) is 0 Å². The molecular formula is C12H22IN3S2. The number of thioether (sulfide) groups is 1. The summed E-state index contributed by atoms with van der Waals surface area (Å²) in [5.74, 6) is 0.545. The molecule has 104 valence electrons. The number of hydrogen-bond acceptors (Lipinski definition) is 3. The molecule has 0 bridgehead atoms. The van der Waals surface area contributed by atoms with Crippen LogP contribution in [0.2, 0.25) is 0 Å². The van der Waals surface area contributed by atoms with E-state index >= 15 is 0 Å². The van der Waals surface area contributed by atoms with Gasteiger partial charge in [0, 0.05) is 16.2 Å². The van der Waals surface area contributed by atoms with E-state index in [4.69, 9.17) is 5.73 Å². The van der Waals surface area contributed by atoms with Crippen molar-refractivity contribution in [1.29, 1.82) is 0 Å². The lowest BCUT2D eigenvalue weighted by Crippen LogP contribution is -2.34. The Kier molecular flexibility index (Phi) is 9.06. The predicted molar refractivity (Wildman–Crippen MR) is 95.5 cm³/mol. The third-order valence-electron chi connectivity index (χ3n) is 2.44. The zero-order valence-corrected chi connectivity index (χ0v) is 15.1. The summed E-state index contributed by atoms with van der Waals surface area (Å²) in [5.41, 5.74) is 5.81. The smallest absolute Gasteiger partial charge is 0.188 e. The summed E-state index contributed by atoms with van der Waals surface area (Å²) in [5, 5.41) is 5.23. The van der Waals surface area contributed by atoms with Crippen molar-refractivity contribution in [3.8, 4) is 0 Å². The highest BCUT2D eigenvalue weighted by atomic mass is 127. The molecular weight excluding hydrogens is 377 g/mol. The van der Waals surface area contributed by atoms with Crippen molar-refractivity contribution >= 4 is 53.0 Å². The maximum Gasteiger partial charge on any atom is 0.188 e. The Labute approximate surface area is 135 Å². The Hall–Kier alpha value is 0.0500. The van der Waals surface area contributed by atoms with Crippen LogP contribution in [0.5, 0.6) is 0 Å². The third kappa shape index (κ3) is 7.48. The molecule has 0 aliphatic heterocycles. The first-order valence-electron chi connectivity index (χ1n) is 5.65. The highest BCUT2D eigenvalue weighted by Crippen LogP contribution is 2.20. The molecule has 0 saturated carbocycles. The van der Waals surface area contributed by atoms with Crippen LogP contribution in [0.1, 0.15) is 18.7 Å². The van der Waals surface area contributed by atoms with E-state index < -0.39 is 0 Å². The zero-order chi connectivity index (χ0) is 12.7. The third-order valence-corrected chi connectivity index (χ3v) is 4.61. The van der Waals surface area contributed by atoms with Gasteiger partial charge >= 0.3 is 0 Å². The highest BCUT2D eigenvalue weighted by Gasteiger charge is 2.14. The van der Waals surface area contributed by atoms with E-state index in [2.05, 4.69) is 47.9 Å². The molecule has 0 radical (unpaired) electrons. The van der Waals surface area contributed by atoms with Gasteiger partial charge in [-0.1, -0.05) is 6.07 Å². The molecule has 3 nitrogen and oxygen atoms in total. The largest absolute Gasteiger partial charge is 0.370 e. The molecule has 0 aromatic carbocycles. The maximum atomic E-state index is 5.81. The van der Waals surface area contributed by atoms with Gasteiger partial charge in [-0.3, -0.25) is 4.99 Å². The second kappa shape index (κ2) is 9.03. The summed E-state index contributed by atoms with van der Waals surface area (Å²) in [6.07, 6.45) is 3.09. The molecule has 1 heterocycles. The Morgan fingerprint density at radius 1 is 1.56 bits per heavy atom. The van der Waals surface area contributed by atoms with Gasteiger partial charge in [0.05, 0.1) is 6.54 Å². The Morgan fingerprint density at radius 3 is 2.83 bits per heavy atom.